The summed E-state index contributed by atoms with van der Waals surface area (Å²) in [5.74, 6) is -3.15. The number of carbonyl (C=O) groups is 4. The molecule has 0 bridgehead atoms. The van der Waals surface area contributed by atoms with Crippen LogP contribution in [0.5, 0.6) is 0 Å². The maximum absolute atomic E-state index is 13.7. The lowest BCUT2D eigenvalue weighted by Gasteiger charge is -2.28. The number of benzene rings is 1. The van der Waals surface area contributed by atoms with Gasteiger partial charge in [-0.2, -0.15) is 0 Å². The van der Waals surface area contributed by atoms with Gasteiger partial charge in [-0.15, -0.1) is 11.3 Å². The third kappa shape index (κ3) is 3.76. The Labute approximate surface area is 201 Å². The summed E-state index contributed by atoms with van der Waals surface area (Å²) in [6.45, 7) is 5.38. The van der Waals surface area contributed by atoms with Crippen LogP contribution in [-0.4, -0.2) is 49.6 Å². The maximum Gasteiger partial charge on any atom is 0.348 e. The number of hydroxylamine groups is 1. The zero-order valence-corrected chi connectivity index (χ0v) is 20.2. The van der Waals surface area contributed by atoms with E-state index in [0.717, 1.165) is 28.3 Å². The number of imide groups is 1. The minimum Gasteiger partial charge on any atom is -0.465 e. The number of esters is 2. The van der Waals surface area contributed by atoms with E-state index in [1.165, 1.54) is 7.11 Å². The largest absolute Gasteiger partial charge is 0.465 e. The summed E-state index contributed by atoms with van der Waals surface area (Å²) in [7, 11) is 1.20. The number of rotatable bonds is 7. The van der Waals surface area contributed by atoms with Gasteiger partial charge in [-0.25, -0.2) is 19.6 Å². The van der Waals surface area contributed by atoms with E-state index >= 15 is 0 Å². The minimum atomic E-state index is -1.02. The van der Waals surface area contributed by atoms with Crippen molar-refractivity contribution in [3.05, 3.63) is 46.3 Å². The first-order chi connectivity index (χ1) is 16.3. The lowest BCUT2D eigenvalue weighted by Crippen LogP contribution is -2.40. The molecule has 10 heteroatoms. The van der Waals surface area contributed by atoms with Gasteiger partial charge in [0.05, 0.1) is 36.9 Å². The number of hydrogen-bond acceptors (Lipinski definition) is 9. The predicted molar refractivity (Wildman–Crippen MR) is 125 cm³/mol. The third-order valence-corrected chi connectivity index (χ3v) is 7.27. The number of amides is 2. The molecule has 2 aromatic rings. The van der Waals surface area contributed by atoms with E-state index in [1.54, 1.807) is 18.9 Å². The zero-order valence-electron chi connectivity index (χ0n) is 19.4. The molecular formula is C24H26N2O7S. The SMILES string of the molecule is CCC[C@H]1[C@H]2C(=O)N(c3sc(C(=O)OCC)c(C)c3C(=O)OC)C(=O)[C@@H]2ON1c1ccccc1. The third-order valence-electron chi connectivity index (χ3n) is 6.02. The van der Waals surface area contributed by atoms with Gasteiger partial charge >= 0.3 is 11.9 Å². The summed E-state index contributed by atoms with van der Waals surface area (Å²) >= 11 is 0.873. The molecule has 2 aliphatic rings. The molecule has 1 aromatic carbocycles. The summed E-state index contributed by atoms with van der Waals surface area (Å²) in [6.07, 6.45) is 0.383. The second kappa shape index (κ2) is 9.55. The fourth-order valence-electron chi connectivity index (χ4n) is 4.50. The average Bonchev–Trinajstić information content (AvgIpc) is 3.45. The summed E-state index contributed by atoms with van der Waals surface area (Å²) in [5.41, 5.74) is 1.07. The van der Waals surface area contributed by atoms with Crippen LogP contribution in [-0.2, 0) is 23.9 Å². The standard InChI is InChI=1S/C24H26N2O7S/c1-5-10-15-17-18(33-26(15)14-11-8-7-9-12-14)21(28)25(20(17)27)22-16(23(29)31-4)13(3)19(34-22)24(30)32-6-2/h7-9,11-12,15,17-18H,5-6,10H2,1-4H3/t15-,17+,18+/m0/s1. The van der Waals surface area contributed by atoms with Crippen molar-refractivity contribution in [1.82, 2.24) is 0 Å². The second-order valence-corrected chi connectivity index (χ2v) is 9.03. The highest BCUT2D eigenvalue weighted by molar-refractivity contribution is 7.19. The highest BCUT2D eigenvalue weighted by Crippen LogP contribution is 2.45. The van der Waals surface area contributed by atoms with E-state index in [4.69, 9.17) is 14.3 Å². The van der Waals surface area contributed by atoms with E-state index in [-0.39, 0.29) is 28.1 Å². The maximum atomic E-state index is 13.7. The molecule has 4 rings (SSSR count). The number of para-hydroxylation sites is 1. The minimum absolute atomic E-state index is 0.00387. The first-order valence-corrected chi connectivity index (χ1v) is 11.9. The Kier molecular flexibility index (Phi) is 6.72. The Bertz CT molecular complexity index is 1130. The summed E-state index contributed by atoms with van der Waals surface area (Å²) in [4.78, 5) is 59.4. The van der Waals surface area contributed by atoms with Crippen molar-refractivity contribution in [3.8, 4) is 0 Å². The van der Waals surface area contributed by atoms with Gasteiger partial charge < -0.3 is 9.47 Å². The quantitative estimate of drug-likeness (QED) is 0.433. The fraction of sp³-hybridized carbons (Fsp3) is 0.417. The van der Waals surface area contributed by atoms with Gasteiger partial charge in [-0.1, -0.05) is 31.5 Å². The molecule has 0 aliphatic carbocycles. The lowest BCUT2D eigenvalue weighted by atomic mass is 9.93. The molecule has 3 heterocycles. The van der Waals surface area contributed by atoms with Gasteiger partial charge in [-0.05, 0) is 38.0 Å². The Morgan fingerprint density at radius 2 is 1.79 bits per heavy atom. The molecule has 2 aliphatic heterocycles. The molecule has 9 nitrogen and oxygen atoms in total. The van der Waals surface area contributed by atoms with Crippen LogP contribution in [0.4, 0.5) is 10.7 Å². The topological polar surface area (TPSA) is 102 Å². The molecule has 2 saturated heterocycles. The summed E-state index contributed by atoms with van der Waals surface area (Å²) in [5, 5.41) is 1.71. The molecule has 2 fully saturated rings. The number of hydrogen-bond donors (Lipinski definition) is 0. The van der Waals surface area contributed by atoms with Gasteiger partial charge in [0, 0.05) is 0 Å². The van der Waals surface area contributed by atoms with Gasteiger partial charge in [0.15, 0.2) is 6.10 Å². The van der Waals surface area contributed by atoms with Crippen LogP contribution in [0.3, 0.4) is 0 Å². The number of ether oxygens (including phenoxy) is 2. The Hall–Kier alpha value is -3.24. The van der Waals surface area contributed by atoms with Crippen LogP contribution in [0, 0.1) is 12.8 Å². The average molecular weight is 487 g/mol. The number of thiophene rings is 1. The summed E-state index contributed by atoms with van der Waals surface area (Å²) < 4.78 is 9.99. The Balaban J connectivity index is 1.75. The van der Waals surface area contributed by atoms with E-state index in [0.29, 0.717) is 12.0 Å². The highest BCUT2D eigenvalue weighted by atomic mass is 32.1. The van der Waals surface area contributed by atoms with E-state index in [2.05, 4.69) is 0 Å². The molecule has 34 heavy (non-hydrogen) atoms. The number of carbonyl (C=O) groups excluding carboxylic acids is 4. The van der Waals surface area contributed by atoms with Gasteiger partial charge in [0.25, 0.3) is 5.91 Å². The molecule has 0 unspecified atom stereocenters. The van der Waals surface area contributed by atoms with Gasteiger partial charge in [0.2, 0.25) is 5.91 Å². The van der Waals surface area contributed by atoms with Crippen molar-refractivity contribution in [1.29, 1.82) is 0 Å². The van der Waals surface area contributed by atoms with Crippen molar-refractivity contribution in [2.24, 2.45) is 5.92 Å². The normalized spacial score (nSPS) is 21.7. The molecule has 1 aromatic heterocycles. The molecule has 3 atom stereocenters. The molecule has 180 valence electrons. The highest BCUT2D eigenvalue weighted by Gasteiger charge is 2.60. The van der Waals surface area contributed by atoms with Crippen LogP contribution in [0.25, 0.3) is 0 Å². The fourth-order valence-corrected chi connectivity index (χ4v) is 5.70. The number of fused-ring (bicyclic) bond motifs is 1. The first kappa shape index (κ1) is 23.9. The molecular weight excluding hydrogens is 460 g/mol. The van der Waals surface area contributed by atoms with Crippen LogP contribution in [0.15, 0.2) is 30.3 Å². The molecule has 0 N–H and O–H groups in total. The van der Waals surface area contributed by atoms with Crippen molar-refractivity contribution in [2.45, 2.75) is 45.8 Å². The van der Waals surface area contributed by atoms with Crippen LogP contribution in [0.1, 0.15) is 52.3 Å². The predicted octanol–water partition coefficient (Wildman–Crippen LogP) is 3.50. The second-order valence-electron chi connectivity index (χ2n) is 8.03. The van der Waals surface area contributed by atoms with E-state index in [1.807, 2.05) is 37.3 Å². The monoisotopic (exact) mass is 486 g/mol. The van der Waals surface area contributed by atoms with Crippen molar-refractivity contribution >= 4 is 45.8 Å². The van der Waals surface area contributed by atoms with E-state index in [9.17, 15) is 19.2 Å². The molecule has 0 saturated carbocycles. The molecule has 0 spiro atoms. The van der Waals surface area contributed by atoms with Crippen molar-refractivity contribution < 1.29 is 33.5 Å². The van der Waals surface area contributed by atoms with Crippen molar-refractivity contribution in [3.63, 3.8) is 0 Å². The number of nitrogens with zero attached hydrogens (tertiary/aromatic N) is 2. The smallest absolute Gasteiger partial charge is 0.348 e. The lowest BCUT2D eigenvalue weighted by molar-refractivity contribution is -0.126. The van der Waals surface area contributed by atoms with Crippen LogP contribution < -0.4 is 9.96 Å². The van der Waals surface area contributed by atoms with E-state index < -0.39 is 35.8 Å². The molecule has 2 amide bonds. The van der Waals surface area contributed by atoms with Crippen LogP contribution in [0.2, 0.25) is 0 Å². The van der Waals surface area contributed by atoms with Crippen molar-refractivity contribution in [2.75, 3.05) is 23.7 Å². The molecule has 0 radical (unpaired) electrons. The summed E-state index contributed by atoms with van der Waals surface area (Å²) in [6, 6.07) is 8.97. The van der Waals surface area contributed by atoms with Gasteiger partial charge in [0.1, 0.15) is 9.88 Å². The Morgan fingerprint density at radius 3 is 2.41 bits per heavy atom. The first-order valence-electron chi connectivity index (χ1n) is 11.1. The zero-order chi connectivity index (χ0) is 24.6. The number of methoxy groups -OCH3 is 1. The Morgan fingerprint density at radius 1 is 1.09 bits per heavy atom. The van der Waals surface area contributed by atoms with Gasteiger partial charge in [-0.3, -0.25) is 14.4 Å². The number of anilines is 2. The van der Waals surface area contributed by atoms with Crippen LogP contribution >= 0.6 is 11.3 Å².